The highest BCUT2D eigenvalue weighted by molar-refractivity contribution is 9.10. The van der Waals surface area contributed by atoms with Crippen molar-refractivity contribution in [1.82, 2.24) is 0 Å². The van der Waals surface area contributed by atoms with E-state index in [9.17, 15) is 0 Å². The summed E-state index contributed by atoms with van der Waals surface area (Å²) < 4.78 is 6.73. The van der Waals surface area contributed by atoms with Gasteiger partial charge in [0.25, 0.3) is 0 Å². The van der Waals surface area contributed by atoms with Gasteiger partial charge in [-0.3, -0.25) is 0 Å². The topological polar surface area (TPSA) is 35.2 Å². The van der Waals surface area contributed by atoms with E-state index in [4.69, 9.17) is 22.7 Å². The Morgan fingerprint density at radius 2 is 1.67 bits per heavy atom. The van der Waals surface area contributed by atoms with Crippen molar-refractivity contribution < 1.29 is 4.74 Å². The molecule has 0 aliphatic heterocycles. The molecule has 0 aliphatic carbocycles. The van der Waals surface area contributed by atoms with Crippen LogP contribution in [0.4, 0.5) is 0 Å². The third-order valence-corrected chi connectivity index (χ3v) is 3.22. The first kappa shape index (κ1) is 13.1. The first-order valence-corrected chi connectivity index (χ1v) is 6.62. The van der Waals surface area contributed by atoms with Gasteiger partial charge in [0.1, 0.15) is 17.3 Å². The highest BCUT2D eigenvalue weighted by Gasteiger charge is 1.98. The van der Waals surface area contributed by atoms with Crippen molar-refractivity contribution in [2.75, 3.05) is 0 Å². The maximum absolute atomic E-state index is 5.67. The summed E-state index contributed by atoms with van der Waals surface area (Å²) in [6.45, 7) is 0.541. The smallest absolute Gasteiger partial charge is 0.119 e. The van der Waals surface area contributed by atoms with Gasteiger partial charge in [-0.2, -0.15) is 0 Å². The summed E-state index contributed by atoms with van der Waals surface area (Å²) in [5.41, 5.74) is 7.50. The minimum atomic E-state index is 0.398. The summed E-state index contributed by atoms with van der Waals surface area (Å²) in [6.07, 6.45) is 0. The Morgan fingerprint density at radius 1 is 1.06 bits per heavy atom. The molecule has 0 unspecified atom stereocenters. The zero-order chi connectivity index (χ0) is 13.0. The maximum Gasteiger partial charge on any atom is 0.119 e. The predicted octanol–water partition coefficient (Wildman–Crippen LogP) is 3.66. The lowest BCUT2D eigenvalue weighted by Crippen LogP contribution is -2.08. The standard InChI is InChI=1S/C14H12BrNOS/c15-12-5-1-10(2-6-12)9-17-13-7-3-11(4-8-13)14(16)18/h1-8H,9H2,(H2,16,18). The van der Waals surface area contributed by atoms with E-state index in [-0.39, 0.29) is 0 Å². The number of rotatable bonds is 4. The van der Waals surface area contributed by atoms with Gasteiger partial charge in [-0.1, -0.05) is 40.3 Å². The number of halogens is 1. The van der Waals surface area contributed by atoms with E-state index in [1.54, 1.807) is 0 Å². The lowest BCUT2D eigenvalue weighted by molar-refractivity contribution is 0.306. The molecule has 2 nitrogen and oxygen atoms in total. The van der Waals surface area contributed by atoms with Gasteiger partial charge in [-0.15, -0.1) is 0 Å². The fourth-order valence-electron chi connectivity index (χ4n) is 1.46. The molecule has 0 amide bonds. The third-order valence-electron chi connectivity index (χ3n) is 2.46. The fraction of sp³-hybridized carbons (Fsp3) is 0.0714. The molecular formula is C14H12BrNOS. The van der Waals surface area contributed by atoms with Crippen LogP contribution in [0.2, 0.25) is 0 Å². The second-order valence-electron chi connectivity index (χ2n) is 3.80. The molecule has 92 valence electrons. The summed E-state index contributed by atoms with van der Waals surface area (Å²) in [6, 6.07) is 15.5. The van der Waals surface area contributed by atoms with Crippen molar-refractivity contribution in [2.45, 2.75) is 6.61 Å². The van der Waals surface area contributed by atoms with Gasteiger partial charge in [-0.05, 0) is 42.0 Å². The van der Waals surface area contributed by atoms with Crippen molar-refractivity contribution in [2.24, 2.45) is 5.73 Å². The van der Waals surface area contributed by atoms with Crippen LogP contribution in [-0.2, 0) is 6.61 Å². The van der Waals surface area contributed by atoms with E-state index in [1.807, 2.05) is 48.5 Å². The summed E-state index contributed by atoms with van der Waals surface area (Å²) in [5.74, 6) is 0.804. The van der Waals surface area contributed by atoms with E-state index in [2.05, 4.69) is 15.9 Å². The zero-order valence-corrected chi connectivity index (χ0v) is 12.0. The SMILES string of the molecule is NC(=S)c1ccc(OCc2ccc(Br)cc2)cc1. The molecule has 0 radical (unpaired) electrons. The number of hydrogen-bond acceptors (Lipinski definition) is 2. The molecule has 0 saturated carbocycles. The van der Waals surface area contributed by atoms with Crippen molar-refractivity contribution >= 4 is 33.1 Å². The Bertz CT molecular complexity index is 537. The van der Waals surface area contributed by atoms with Gasteiger partial charge in [0, 0.05) is 10.0 Å². The van der Waals surface area contributed by atoms with Crippen LogP contribution < -0.4 is 10.5 Å². The molecule has 18 heavy (non-hydrogen) atoms. The van der Waals surface area contributed by atoms with Gasteiger partial charge in [0.05, 0.1) is 0 Å². The summed E-state index contributed by atoms with van der Waals surface area (Å²) in [4.78, 5) is 0.398. The molecule has 0 heterocycles. The number of nitrogens with two attached hydrogens (primary N) is 1. The number of benzene rings is 2. The fourth-order valence-corrected chi connectivity index (χ4v) is 1.86. The monoisotopic (exact) mass is 321 g/mol. The van der Waals surface area contributed by atoms with Crippen LogP contribution >= 0.6 is 28.1 Å². The Balaban J connectivity index is 1.97. The van der Waals surface area contributed by atoms with Crippen LogP contribution in [0.5, 0.6) is 5.75 Å². The molecule has 0 aliphatic rings. The lowest BCUT2D eigenvalue weighted by Gasteiger charge is -2.07. The Morgan fingerprint density at radius 3 is 2.22 bits per heavy atom. The normalized spacial score (nSPS) is 10.1. The van der Waals surface area contributed by atoms with E-state index < -0.39 is 0 Å². The van der Waals surface area contributed by atoms with Gasteiger partial charge < -0.3 is 10.5 Å². The van der Waals surface area contributed by atoms with E-state index in [1.165, 1.54) is 0 Å². The highest BCUT2D eigenvalue weighted by Crippen LogP contribution is 2.15. The summed E-state index contributed by atoms with van der Waals surface area (Å²) in [5, 5.41) is 0. The van der Waals surface area contributed by atoms with Crippen molar-refractivity contribution in [1.29, 1.82) is 0 Å². The predicted molar refractivity (Wildman–Crippen MR) is 80.8 cm³/mol. The molecule has 2 aromatic carbocycles. The van der Waals surface area contributed by atoms with E-state index in [0.717, 1.165) is 21.3 Å². The first-order chi connectivity index (χ1) is 8.65. The van der Waals surface area contributed by atoms with Crippen molar-refractivity contribution in [3.8, 4) is 5.75 Å². The molecule has 0 saturated heterocycles. The molecule has 0 bridgehead atoms. The average molecular weight is 322 g/mol. The van der Waals surface area contributed by atoms with Crippen molar-refractivity contribution in [3.05, 3.63) is 64.1 Å². The van der Waals surface area contributed by atoms with Gasteiger partial charge in [0.2, 0.25) is 0 Å². The van der Waals surface area contributed by atoms with E-state index >= 15 is 0 Å². The minimum Gasteiger partial charge on any atom is -0.489 e. The van der Waals surface area contributed by atoms with Gasteiger partial charge in [0.15, 0.2) is 0 Å². The van der Waals surface area contributed by atoms with Crippen LogP contribution in [0.3, 0.4) is 0 Å². The van der Waals surface area contributed by atoms with Crippen LogP contribution in [0, 0.1) is 0 Å². The molecule has 0 spiro atoms. The Hall–Kier alpha value is -1.39. The first-order valence-electron chi connectivity index (χ1n) is 5.42. The second-order valence-corrected chi connectivity index (χ2v) is 5.16. The van der Waals surface area contributed by atoms with Gasteiger partial charge >= 0.3 is 0 Å². The number of thiocarbonyl (C=S) groups is 1. The van der Waals surface area contributed by atoms with Crippen LogP contribution in [0.1, 0.15) is 11.1 Å². The van der Waals surface area contributed by atoms with Crippen molar-refractivity contribution in [3.63, 3.8) is 0 Å². The molecular weight excluding hydrogens is 310 g/mol. The molecule has 4 heteroatoms. The van der Waals surface area contributed by atoms with Crippen LogP contribution in [-0.4, -0.2) is 4.99 Å². The third kappa shape index (κ3) is 3.55. The number of hydrogen-bond donors (Lipinski definition) is 1. The quantitative estimate of drug-likeness (QED) is 0.873. The molecule has 0 atom stereocenters. The lowest BCUT2D eigenvalue weighted by atomic mass is 10.2. The van der Waals surface area contributed by atoms with Crippen LogP contribution in [0.15, 0.2) is 53.0 Å². The molecule has 0 aromatic heterocycles. The Labute approximate surface area is 120 Å². The Kier molecular flexibility index (Phi) is 4.33. The number of ether oxygens (including phenoxy) is 1. The highest BCUT2D eigenvalue weighted by atomic mass is 79.9. The largest absolute Gasteiger partial charge is 0.489 e. The second kappa shape index (κ2) is 5.98. The maximum atomic E-state index is 5.67. The molecule has 2 rings (SSSR count). The minimum absolute atomic E-state index is 0.398. The van der Waals surface area contributed by atoms with Crippen LogP contribution in [0.25, 0.3) is 0 Å². The zero-order valence-electron chi connectivity index (χ0n) is 9.60. The molecule has 2 aromatic rings. The molecule has 2 N–H and O–H groups in total. The summed E-state index contributed by atoms with van der Waals surface area (Å²) in [7, 11) is 0. The summed E-state index contributed by atoms with van der Waals surface area (Å²) >= 11 is 8.29. The van der Waals surface area contributed by atoms with Gasteiger partial charge in [-0.25, -0.2) is 0 Å². The average Bonchev–Trinajstić information content (AvgIpc) is 2.38. The molecule has 0 fully saturated rings. The van der Waals surface area contributed by atoms with E-state index in [0.29, 0.717) is 11.6 Å².